The number of aliphatic hydroxyl groups is 3. The monoisotopic (exact) mass is 311 g/mol. The van der Waals surface area contributed by atoms with Crippen LogP contribution in [0.15, 0.2) is 6.07 Å². The zero-order valence-electron chi connectivity index (χ0n) is 11.8. The average Bonchev–Trinajstić information content (AvgIpc) is 2.94. The van der Waals surface area contributed by atoms with Crippen LogP contribution in [0.3, 0.4) is 0 Å². The smallest absolute Gasteiger partial charge is 0.255 e. The highest BCUT2D eigenvalue weighted by Gasteiger charge is 2.42. The molecule has 2 heterocycles. The number of benzene rings is 1. The molecule has 0 fully saturated rings. The molecule has 0 saturated carbocycles. The second-order valence-corrected chi connectivity index (χ2v) is 5.44. The van der Waals surface area contributed by atoms with Gasteiger partial charge in [-0.2, -0.15) is 0 Å². The lowest BCUT2D eigenvalue weighted by Gasteiger charge is -2.37. The maximum Gasteiger partial charge on any atom is 0.255 e. The van der Waals surface area contributed by atoms with E-state index in [2.05, 4.69) is 5.32 Å². The van der Waals surface area contributed by atoms with Gasteiger partial charge in [0.2, 0.25) is 12.5 Å². The number of nitrogens with one attached hydrogen (secondary N) is 1. The number of phenolic OH excluding ortho intramolecular Hbond substituents is 1. The number of phenols is 1. The molecule has 5 N–H and O–H groups in total. The molecule has 2 aliphatic heterocycles. The van der Waals surface area contributed by atoms with E-state index in [0.717, 1.165) is 0 Å². The van der Waals surface area contributed by atoms with Crippen LogP contribution in [-0.4, -0.2) is 58.0 Å². The SMILES string of the molecule is C[C@@H](O)[C@H](O)[C@@H]1c2cc3c(c(O)c2C(=O)N[C@H]1CO)OCO3. The van der Waals surface area contributed by atoms with Gasteiger partial charge in [-0.3, -0.25) is 4.79 Å². The van der Waals surface area contributed by atoms with Gasteiger partial charge < -0.3 is 35.2 Å². The van der Waals surface area contributed by atoms with Crippen molar-refractivity contribution in [2.45, 2.75) is 31.1 Å². The molecule has 1 amide bonds. The van der Waals surface area contributed by atoms with Gasteiger partial charge in [-0.05, 0) is 18.6 Å². The van der Waals surface area contributed by atoms with Gasteiger partial charge in [-0.1, -0.05) is 0 Å². The largest absolute Gasteiger partial charge is 0.504 e. The minimum atomic E-state index is -1.24. The lowest BCUT2D eigenvalue weighted by molar-refractivity contribution is -0.00202. The van der Waals surface area contributed by atoms with Crippen molar-refractivity contribution in [2.75, 3.05) is 13.4 Å². The third-order valence-electron chi connectivity index (χ3n) is 4.06. The minimum absolute atomic E-state index is 0.0429. The molecular weight excluding hydrogens is 294 g/mol. The van der Waals surface area contributed by atoms with Crippen LogP contribution >= 0.6 is 0 Å². The first-order valence-corrected chi connectivity index (χ1v) is 6.89. The topological polar surface area (TPSA) is 128 Å². The van der Waals surface area contributed by atoms with Crippen LogP contribution in [-0.2, 0) is 0 Å². The fraction of sp³-hybridized carbons (Fsp3) is 0.500. The van der Waals surface area contributed by atoms with Crippen molar-refractivity contribution in [3.8, 4) is 17.2 Å². The van der Waals surface area contributed by atoms with Crippen LogP contribution in [0.25, 0.3) is 0 Å². The molecule has 120 valence electrons. The van der Waals surface area contributed by atoms with Gasteiger partial charge in [0.05, 0.1) is 30.4 Å². The Labute approximate surface area is 125 Å². The lowest BCUT2D eigenvalue weighted by Crippen LogP contribution is -2.52. The molecule has 1 aromatic carbocycles. The molecule has 0 spiro atoms. The number of carbonyl (C=O) groups excluding carboxylic acids is 1. The van der Waals surface area contributed by atoms with Crippen molar-refractivity contribution >= 4 is 5.91 Å². The lowest BCUT2D eigenvalue weighted by atomic mass is 9.79. The summed E-state index contributed by atoms with van der Waals surface area (Å²) in [7, 11) is 0. The second kappa shape index (κ2) is 5.31. The minimum Gasteiger partial charge on any atom is -0.504 e. The van der Waals surface area contributed by atoms with Gasteiger partial charge in [-0.25, -0.2) is 0 Å². The molecule has 0 unspecified atom stereocenters. The van der Waals surface area contributed by atoms with Crippen molar-refractivity contribution in [3.05, 3.63) is 17.2 Å². The summed E-state index contributed by atoms with van der Waals surface area (Å²) in [4.78, 5) is 12.2. The van der Waals surface area contributed by atoms with E-state index in [1.54, 1.807) is 0 Å². The number of ether oxygens (including phenoxy) is 2. The number of carbonyl (C=O) groups is 1. The molecule has 8 nitrogen and oxygen atoms in total. The predicted molar refractivity (Wildman–Crippen MR) is 73.0 cm³/mol. The van der Waals surface area contributed by atoms with Gasteiger partial charge in [0, 0.05) is 5.92 Å². The Morgan fingerprint density at radius 3 is 2.77 bits per heavy atom. The molecule has 0 aromatic heterocycles. The highest BCUT2D eigenvalue weighted by molar-refractivity contribution is 6.01. The van der Waals surface area contributed by atoms with E-state index < -0.39 is 36.7 Å². The van der Waals surface area contributed by atoms with Crippen LogP contribution < -0.4 is 14.8 Å². The summed E-state index contributed by atoms with van der Waals surface area (Å²) in [6.45, 7) is 0.900. The molecule has 0 radical (unpaired) electrons. The van der Waals surface area contributed by atoms with Gasteiger partial charge in [0.15, 0.2) is 11.5 Å². The zero-order valence-corrected chi connectivity index (χ0v) is 11.8. The number of hydrogen-bond acceptors (Lipinski definition) is 7. The summed E-state index contributed by atoms with van der Waals surface area (Å²) in [6.07, 6.45) is -2.33. The molecule has 8 heteroatoms. The van der Waals surface area contributed by atoms with Gasteiger partial charge >= 0.3 is 0 Å². The Balaban J connectivity index is 2.18. The number of aromatic hydroxyl groups is 1. The van der Waals surface area contributed by atoms with E-state index in [-0.39, 0.29) is 29.6 Å². The average molecular weight is 311 g/mol. The number of amides is 1. The highest BCUT2D eigenvalue weighted by Crippen LogP contribution is 2.48. The zero-order chi connectivity index (χ0) is 16.0. The number of rotatable bonds is 3. The van der Waals surface area contributed by atoms with E-state index in [1.807, 2.05) is 0 Å². The van der Waals surface area contributed by atoms with E-state index in [4.69, 9.17) is 9.47 Å². The second-order valence-electron chi connectivity index (χ2n) is 5.44. The first kappa shape index (κ1) is 14.9. The Bertz CT molecular complexity index is 616. The van der Waals surface area contributed by atoms with Crippen molar-refractivity contribution < 1.29 is 34.7 Å². The van der Waals surface area contributed by atoms with Crippen molar-refractivity contribution in [1.29, 1.82) is 0 Å². The number of aliphatic hydroxyl groups excluding tert-OH is 3. The van der Waals surface area contributed by atoms with Crippen LogP contribution in [0.2, 0.25) is 0 Å². The van der Waals surface area contributed by atoms with E-state index in [0.29, 0.717) is 5.56 Å². The summed E-state index contributed by atoms with van der Waals surface area (Å²) in [6, 6.07) is 0.707. The third kappa shape index (κ3) is 2.07. The first-order valence-electron chi connectivity index (χ1n) is 6.89. The molecule has 0 saturated heterocycles. The molecule has 1 aromatic rings. The molecule has 22 heavy (non-hydrogen) atoms. The first-order chi connectivity index (χ1) is 10.5. The fourth-order valence-electron chi connectivity index (χ4n) is 2.97. The fourth-order valence-corrected chi connectivity index (χ4v) is 2.97. The summed E-state index contributed by atoms with van der Waals surface area (Å²) in [5, 5.41) is 42.2. The van der Waals surface area contributed by atoms with Crippen LogP contribution in [0.1, 0.15) is 28.8 Å². The maximum absolute atomic E-state index is 12.2. The van der Waals surface area contributed by atoms with Gasteiger partial charge in [0.1, 0.15) is 0 Å². The quantitative estimate of drug-likeness (QED) is 0.487. The van der Waals surface area contributed by atoms with E-state index >= 15 is 0 Å². The summed E-state index contributed by atoms with van der Waals surface area (Å²) >= 11 is 0. The Hall–Kier alpha value is -2.03. The Morgan fingerprint density at radius 1 is 1.41 bits per heavy atom. The molecular formula is C14H17NO7. The van der Waals surface area contributed by atoms with Crippen LogP contribution in [0.5, 0.6) is 17.2 Å². The Morgan fingerprint density at radius 2 is 2.14 bits per heavy atom. The Kier molecular flexibility index (Phi) is 3.59. The van der Waals surface area contributed by atoms with Gasteiger partial charge in [-0.15, -0.1) is 0 Å². The van der Waals surface area contributed by atoms with E-state index in [9.17, 15) is 25.2 Å². The summed E-state index contributed by atoms with van der Waals surface area (Å²) < 4.78 is 10.3. The predicted octanol–water partition coefficient (Wildman–Crippen LogP) is -0.950. The maximum atomic E-state index is 12.2. The molecule has 2 aliphatic rings. The summed E-state index contributed by atoms with van der Waals surface area (Å²) in [5.41, 5.74) is 0.261. The molecule has 3 rings (SSSR count). The number of hydrogen-bond donors (Lipinski definition) is 5. The molecule has 4 atom stereocenters. The van der Waals surface area contributed by atoms with Crippen molar-refractivity contribution in [2.24, 2.45) is 0 Å². The molecule has 0 bridgehead atoms. The van der Waals surface area contributed by atoms with Crippen molar-refractivity contribution in [1.82, 2.24) is 5.32 Å². The van der Waals surface area contributed by atoms with E-state index in [1.165, 1.54) is 13.0 Å². The van der Waals surface area contributed by atoms with Crippen LogP contribution in [0.4, 0.5) is 0 Å². The highest BCUT2D eigenvalue weighted by atomic mass is 16.7. The standard InChI is InChI=1S/C14H17NO7/c1-5(17)11(18)9-6-2-8-13(22-4-21-8)12(19)10(6)14(20)15-7(9)3-16/h2,5,7,9,11,16-19H,3-4H2,1H3,(H,15,20)/t5-,7+,9-,11+/m1/s1. The van der Waals surface area contributed by atoms with Crippen LogP contribution in [0, 0.1) is 0 Å². The normalized spacial score (nSPS) is 25.4. The van der Waals surface area contributed by atoms with Gasteiger partial charge in [0.25, 0.3) is 5.91 Å². The number of fused-ring (bicyclic) bond motifs is 2. The molecule has 0 aliphatic carbocycles. The van der Waals surface area contributed by atoms with Crippen molar-refractivity contribution in [3.63, 3.8) is 0 Å². The summed E-state index contributed by atoms with van der Waals surface area (Å²) in [5.74, 6) is -1.43. The third-order valence-corrected chi connectivity index (χ3v) is 4.06.